The van der Waals surface area contributed by atoms with Crippen molar-refractivity contribution in [3.05, 3.63) is 80.6 Å². The Morgan fingerprint density at radius 3 is 2.66 bits per heavy atom. The molecule has 0 bridgehead atoms. The van der Waals surface area contributed by atoms with Crippen LogP contribution in [0, 0.1) is 20.8 Å². The summed E-state index contributed by atoms with van der Waals surface area (Å²) < 4.78 is 0. The summed E-state index contributed by atoms with van der Waals surface area (Å²) in [4.78, 5) is 45.4. The van der Waals surface area contributed by atoms with Gasteiger partial charge < -0.3 is 15.6 Å². The number of aromatic amines is 1. The van der Waals surface area contributed by atoms with Crippen LogP contribution in [0.1, 0.15) is 40.2 Å². The fourth-order valence-electron chi connectivity index (χ4n) is 3.77. The van der Waals surface area contributed by atoms with Gasteiger partial charge in [-0.05, 0) is 38.0 Å². The molecule has 1 unspecified atom stereocenters. The standard InChI is InChI=1S/C24H24N4O3S/c1-13-5-4-6-16(10-13)12-32-24-27-21-20(23(31)28-24)17(11-19(29)26-21)22(30)25-18-8-7-14(2)9-15(18)3/h4-10,17H,11-12H2,1-3H3,(H,25,30)(H2,26,27,28,29,31). The van der Waals surface area contributed by atoms with Gasteiger partial charge in [0.2, 0.25) is 11.8 Å². The van der Waals surface area contributed by atoms with Crippen LogP contribution in [0.4, 0.5) is 11.5 Å². The van der Waals surface area contributed by atoms with Crippen molar-refractivity contribution in [2.45, 2.75) is 44.0 Å². The third-order valence-electron chi connectivity index (χ3n) is 5.34. The van der Waals surface area contributed by atoms with Crippen LogP contribution in [0.15, 0.2) is 52.4 Å². The summed E-state index contributed by atoms with van der Waals surface area (Å²) in [6, 6.07) is 13.8. The molecule has 1 atom stereocenters. The van der Waals surface area contributed by atoms with Crippen LogP contribution in [0.5, 0.6) is 0 Å². The van der Waals surface area contributed by atoms with E-state index in [4.69, 9.17) is 0 Å². The summed E-state index contributed by atoms with van der Waals surface area (Å²) >= 11 is 1.37. The van der Waals surface area contributed by atoms with Crippen LogP contribution < -0.4 is 16.2 Å². The molecule has 0 saturated carbocycles. The molecule has 2 amide bonds. The van der Waals surface area contributed by atoms with Gasteiger partial charge in [0, 0.05) is 17.9 Å². The lowest BCUT2D eigenvalue weighted by molar-refractivity contribution is -0.123. The van der Waals surface area contributed by atoms with Crippen molar-refractivity contribution in [2.24, 2.45) is 0 Å². The maximum Gasteiger partial charge on any atom is 0.257 e. The van der Waals surface area contributed by atoms with E-state index in [1.165, 1.54) is 11.8 Å². The first-order chi connectivity index (χ1) is 15.3. The predicted molar refractivity (Wildman–Crippen MR) is 126 cm³/mol. The second kappa shape index (κ2) is 9.00. The van der Waals surface area contributed by atoms with Gasteiger partial charge in [-0.2, -0.15) is 0 Å². The van der Waals surface area contributed by atoms with Gasteiger partial charge in [-0.3, -0.25) is 14.4 Å². The fraction of sp³-hybridized carbons (Fsp3) is 0.250. The Morgan fingerprint density at radius 2 is 1.91 bits per heavy atom. The number of benzene rings is 2. The van der Waals surface area contributed by atoms with Crippen molar-refractivity contribution in [1.82, 2.24) is 9.97 Å². The number of aryl methyl sites for hydroxylation is 3. The molecule has 2 heterocycles. The molecule has 1 aromatic heterocycles. The predicted octanol–water partition coefficient (Wildman–Crippen LogP) is 4.05. The molecule has 1 aliphatic heterocycles. The number of anilines is 2. The van der Waals surface area contributed by atoms with Crippen LogP contribution in [-0.4, -0.2) is 21.8 Å². The summed E-state index contributed by atoms with van der Waals surface area (Å²) in [6.07, 6.45) is -0.107. The molecule has 7 nitrogen and oxygen atoms in total. The molecule has 2 aromatic carbocycles. The van der Waals surface area contributed by atoms with E-state index in [1.54, 1.807) is 0 Å². The Hall–Kier alpha value is -3.39. The number of hydrogen-bond donors (Lipinski definition) is 3. The second-order valence-corrected chi connectivity index (χ2v) is 8.99. The minimum absolute atomic E-state index is 0.107. The third-order valence-corrected chi connectivity index (χ3v) is 6.29. The summed E-state index contributed by atoms with van der Waals surface area (Å²) in [5.41, 5.74) is 4.68. The van der Waals surface area contributed by atoms with Crippen LogP contribution in [0.3, 0.4) is 0 Å². The Morgan fingerprint density at radius 1 is 1.12 bits per heavy atom. The SMILES string of the molecule is Cc1cccc(CSc2nc3c(c(=O)[nH]2)C(C(=O)Nc2ccc(C)cc2C)CC(=O)N3)c1. The average Bonchev–Trinajstić information content (AvgIpc) is 2.73. The van der Waals surface area contributed by atoms with E-state index in [9.17, 15) is 14.4 Å². The molecule has 0 aliphatic carbocycles. The highest BCUT2D eigenvalue weighted by atomic mass is 32.2. The maximum absolute atomic E-state index is 13.0. The lowest BCUT2D eigenvalue weighted by Crippen LogP contribution is -2.36. The first-order valence-corrected chi connectivity index (χ1v) is 11.3. The fourth-order valence-corrected chi connectivity index (χ4v) is 4.57. The zero-order chi connectivity index (χ0) is 22.8. The van der Waals surface area contributed by atoms with Crippen molar-refractivity contribution in [1.29, 1.82) is 0 Å². The summed E-state index contributed by atoms with van der Waals surface area (Å²) in [7, 11) is 0. The highest BCUT2D eigenvalue weighted by Gasteiger charge is 2.35. The van der Waals surface area contributed by atoms with Gasteiger partial charge in [0.15, 0.2) is 5.16 Å². The van der Waals surface area contributed by atoms with Crippen molar-refractivity contribution >= 4 is 35.1 Å². The first kappa shape index (κ1) is 21.8. The number of thioether (sulfide) groups is 1. The van der Waals surface area contributed by atoms with E-state index in [0.29, 0.717) is 16.6 Å². The number of hydrogen-bond acceptors (Lipinski definition) is 5. The van der Waals surface area contributed by atoms with Gasteiger partial charge in [-0.1, -0.05) is 59.3 Å². The van der Waals surface area contributed by atoms with Crippen molar-refractivity contribution in [3.63, 3.8) is 0 Å². The minimum Gasteiger partial charge on any atom is -0.325 e. The molecule has 0 saturated heterocycles. The lowest BCUT2D eigenvalue weighted by Gasteiger charge is -2.24. The molecule has 164 valence electrons. The topological polar surface area (TPSA) is 104 Å². The number of fused-ring (bicyclic) bond motifs is 1. The molecule has 0 radical (unpaired) electrons. The van der Waals surface area contributed by atoms with Crippen LogP contribution >= 0.6 is 11.8 Å². The zero-order valence-corrected chi connectivity index (χ0v) is 18.9. The maximum atomic E-state index is 13.0. The van der Waals surface area contributed by atoms with E-state index < -0.39 is 17.4 Å². The Kier molecular flexibility index (Phi) is 6.14. The normalized spacial score (nSPS) is 15.1. The molecule has 3 aromatic rings. The van der Waals surface area contributed by atoms with E-state index >= 15 is 0 Å². The number of carbonyl (C=O) groups excluding carboxylic acids is 2. The summed E-state index contributed by atoms with van der Waals surface area (Å²) in [5, 5.41) is 5.90. The van der Waals surface area contributed by atoms with Gasteiger partial charge in [0.1, 0.15) is 5.82 Å². The van der Waals surface area contributed by atoms with E-state index in [2.05, 4.69) is 26.7 Å². The summed E-state index contributed by atoms with van der Waals surface area (Å²) in [6.45, 7) is 5.89. The van der Waals surface area contributed by atoms with E-state index in [-0.39, 0.29) is 23.7 Å². The monoisotopic (exact) mass is 448 g/mol. The van der Waals surface area contributed by atoms with Gasteiger partial charge >= 0.3 is 0 Å². The largest absolute Gasteiger partial charge is 0.325 e. The molecule has 0 fully saturated rings. The van der Waals surface area contributed by atoms with Crippen LogP contribution in [0.25, 0.3) is 0 Å². The highest BCUT2D eigenvalue weighted by Crippen LogP contribution is 2.31. The summed E-state index contributed by atoms with van der Waals surface area (Å²) in [5.74, 6) is -0.885. The van der Waals surface area contributed by atoms with Gasteiger partial charge in [0.25, 0.3) is 5.56 Å². The third kappa shape index (κ3) is 4.75. The van der Waals surface area contributed by atoms with Gasteiger partial charge in [-0.15, -0.1) is 0 Å². The van der Waals surface area contributed by atoms with Crippen LogP contribution in [-0.2, 0) is 15.3 Å². The number of H-pyrrole nitrogens is 1. The quantitative estimate of drug-likeness (QED) is 0.403. The number of amides is 2. The van der Waals surface area contributed by atoms with E-state index in [1.807, 2.05) is 57.2 Å². The molecule has 3 N–H and O–H groups in total. The number of nitrogens with zero attached hydrogens (tertiary/aromatic N) is 1. The van der Waals surface area contributed by atoms with Crippen molar-refractivity contribution in [2.75, 3.05) is 10.6 Å². The second-order valence-electron chi connectivity index (χ2n) is 8.02. The molecule has 0 spiro atoms. The number of rotatable bonds is 5. The van der Waals surface area contributed by atoms with E-state index in [0.717, 1.165) is 22.3 Å². The van der Waals surface area contributed by atoms with Gasteiger partial charge in [-0.25, -0.2) is 4.98 Å². The molecule has 32 heavy (non-hydrogen) atoms. The smallest absolute Gasteiger partial charge is 0.257 e. The Balaban J connectivity index is 1.58. The number of aromatic nitrogens is 2. The Bertz CT molecular complexity index is 1270. The van der Waals surface area contributed by atoms with Crippen molar-refractivity contribution in [3.8, 4) is 0 Å². The first-order valence-electron chi connectivity index (χ1n) is 10.3. The molecule has 1 aliphatic rings. The minimum atomic E-state index is -0.911. The molecular weight excluding hydrogens is 424 g/mol. The molecule has 8 heteroatoms. The molecule has 4 rings (SSSR count). The van der Waals surface area contributed by atoms with Crippen LogP contribution in [0.2, 0.25) is 0 Å². The lowest BCUT2D eigenvalue weighted by atomic mass is 9.92. The number of nitrogens with one attached hydrogen (secondary N) is 3. The van der Waals surface area contributed by atoms with Gasteiger partial charge in [0.05, 0.1) is 11.5 Å². The van der Waals surface area contributed by atoms with Crippen molar-refractivity contribution < 1.29 is 9.59 Å². The molecular formula is C24H24N4O3S. The number of carbonyl (C=O) groups is 2. The highest BCUT2D eigenvalue weighted by molar-refractivity contribution is 7.98. The Labute approximate surface area is 190 Å². The zero-order valence-electron chi connectivity index (χ0n) is 18.1. The average molecular weight is 449 g/mol.